The van der Waals surface area contributed by atoms with Gasteiger partial charge < -0.3 is 15.0 Å². The molecule has 2 heterocycles. The fraction of sp³-hybridized carbons (Fsp3) is 0.267. The molecular formula is C15H17N3O. The lowest BCUT2D eigenvalue weighted by molar-refractivity contribution is 0.398. The predicted octanol–water partition coefficient (Wildman–Crippen LogP) is 2.33. The van der Waals surface area contributed by atoms with Crippen LogP contribution < -0.4 is 15.0 Å². The largest absolute Gasteiger partial charge is 0.481 e. The van der Waals surface area contributed by atoms with Crippen LogP contribution in [0, 0.1) is 0 Å². The molecule has 19 heavy (non-hydrogen) atoms. The zero-order valence-corrected chi connectivity index (χ0v) is 11.0. The van der Waals surface area contributed by atoms with Crippen LogP contribution in [0.1, 0.15) is 5.56 Å². The quantitative estimate of drug-likeness (QED) is 0.893. The number of fused-ring (bicyclic) bond motifs is 1. The van der Waals surface area contributed by atoms with Crippen LogP contribution in [-0.4, -0.2) is 25.2 Å². The maximum Gasteiger partial charge on any atom is 0.214 e. The average Bonchev–Trinajstić information content (AvgIpc) is 2.69. The highest BCUT2D eigenvalue weighted by Gasteiger charge is 2.16. The molecule has 0 radical (unpaired) electrons. The van der Waals surface area contributed by atoms with E-state index in [4.69, 9.17) is 4.74 Å². The number of ether oxygens (including phenoxy) is 1. The summed E-state index contributed by atoms with van der Waals surface area (Å²) in [6, 6.07) is 12.5. The van der Waals surface area contributed by atoms with Gasteiger partial charge in [-0.2, -0.15) is 0 Å². The Bertz CT molecular complexity index is 571. The fourth-order valence-corrected chi connectivity index (χ4v) is 2.40. The zero-order chi connectivity index (χ0) is 13.1. The number of hydrogen-bond acceptors (Lipinski definition) is 4. The summed E-state index contributed by atoms with van der Waals surface area (Å²) >= 11 is 0. The van der Waals surface area contributed by atoms with E-state index < -0.39 is 0 Å². The van der Waals surface area contributed by atoms with E-state index in [-0.39, 0.29) is 0 Å². The Morgan fingerprint density at radius 3 is 3.05 bits per heavy atom. The third-order valence-corrected chi connectivity index (χ3v) is 3.35. The second kappa shape index (κ2) is 5.28. The molecule has 0 fully saturated rings. The van der Waals surface area contributed by atoms with Crippen molar-refractivity contribution in [3.63, 3.8) is 0 Å². The van der Waals surface area contributed by atoms with Gasteiger partial charge >= 0.3 is 0 Å². The lowest BCUT2D eigenvalue weighted by Crippen LogP contribution is -2.24. The van der Waals surface area contributed by atoms with E-state index in [1.54, 1.807) is 13.3 Å². The number of para-hydroxylation sites is 1. The normalized spacial score (nSPS) is 14.7. The molecule has 0 aliphatic carbocycles. The number of rotatable bonds is 2. The monoisotopic (exact) mass is 255 g/mol. The zero-order valence-electron chi connectivity index (χ0n) is 11.0. The molecule has 0 saturated carbocycles. The third kappa shape index (κ3) is 2.39. The summed E-state index contributed by atoms with van der Waals surface area (Å²) in [5.41, 5.74) is 3.68. The van der Waals surface area contributed by atoms with Crippen molar-refractivity contribution in [3.8, 4) is 5.88 Å². The van der Waals surface area contributed by atoms with Crippen molar-refractivity contribution in [2.75, 3.05) is 25.1 Å². The molecule has 0 bridgehead atoms. The number of pyridine rings is 1. The molecule has 2 aromatic rings. The van der Waals surface area contributed by atoms with Crippen molar-refractivity contribution in [2.24, 2.45) is 0 Å². The summed E-state index contributed by atoms with van der Waals surface area (Å²) in [6.45, 7) is 2.80. The number of nitrogens with one attached hydrogen (secondary N) is 1. The van der Waals surface area contributed by atoms with Gasteiger partial charge in [0.1, 0.15) is 0 Å². The topological polar surface area (TPSA) is 37.4 Å². The molecular weight excluding hydrogens is 238 g/mol. The summed E-state index contributed by atoms with van der Waals surface area (Å²) in [6.07, 6.45) is 1.79. The highest BCUT2D eigenvalue weighted by atomic mass is 16.5. The number of hydrogen-bond donors (Lipinski definition) is 1. The molecule has 0 spiro atoms. The Morgan fingerprint density at radius 1 is 1.26 bits per heavy atom. The van der Waals surface area contributed by atoms with Crippen molar-refractivity contribution >= 4 is 11.4 Å². The number of anilines is 2. The Hall–Kier alpha value is -2.07. The van der Waals surface area contributed by atoms with Gasteiger partial charge in [0.25, 0.3) is 0 Å². The van der Waals surface area contributed by atoms with Crippen LogP contribution in [0.4, 0.5) is 11.4 Å². The molecule has 3 rings (SSSR count). The van der Waals surface area contributed by atoms with Gasteiger partial charge in [-0.1, -0.05) is 18.2 Å². The highest BCUT2D eigenvalue weighted by molar-refractivity contribution is 5.67. The van der Waals surface area contributed by atoms with E-state index in [1.807, 2.05) is 12.1 Å². The second-order valence-corrected chi connectivity index (χ2v) is 4.51. The molecule has 1 aliphatic heterocycles. The molecule has 0 atom stereocenters. The summed E-state index contributed by atoms with van der Waals surface area (Å²) < 4.78 is 5.21. The Balaban J connectivity index is 2.03. The highest BCUT2D eigenvalue weighted by Crippen LogP contribution is 2.30. The Morgan fingerprint density at radius 2 is 2.16 bits per heavy atom. The fourth-order valence-electron chi connectivity index (χ4n) is 2.40. The number of benzene rings is 1. The Kier molecular flexibility index (Phi) is 3.33. The number of aromatic nitrogens is 1. The van der Waals surface area contributed by atoms with E-state index in [0.29, 0.717) is 5.88 Å². The van der Waals surface area contributed by atoms with E-state index in [0.717, 1.165) is 25.3 Å². The van der Waals surface area contributed by atoms with Gasteiger partial charge in [-0.15, -0.1) is 0 Å². The summed E-state index contributed by atoms with van der Waals surface area (Å²) in [5.74, 6) is 0.646. The van der Waals surface area contributed by atoms with Gasteiger partial charge in [0.05, 0.1) is 7.11 Å². The van der Waals surface area contributed by atoms with Gasteiger partial charge in [-0.25, -0.2) is 4.98 Å². The minimum atomic E-state index is 0.646. The smallest absolute Gasteiger partial charge is 0.214 e. The first-order chi connectivity index (χ1) is 9.38. The maximum absolute atomic E-state index is 5.21. The van der Waals surface area contributed by atoms with Gasteiger partial charge in [0.2, 0.25) is 5.88 Å². The minimum Gasteiger partial charge on any atom is -0.481 e. The van der Waals surface area contributed by atoms with E-state index >= 15 is 0 Å². The van der Waals surface area contributed by atoms with Gasteiger partial charge in [0.15, 0.2) is 0 Å². The molecule has 0 saturated heterocycles. The summed E-state index contributed by atoms with van der Waals surface area (Å²) in [5, 5.41) is 3.44. The standard InChI is InChI=1S/C15H17N3O/c1-19-15-10-13(6-7-17-15)18-9-8-16-11-12-4-2-3-5-14(12)18/h2-7,10,16H,8-9,11H2,1H3. The first-order valence-electron chi connectivity index (χ1n) is 6.44. The summed E-state index contributed by atoms with van der Waals surface area (Å²) in [7, 11) is 1.64. The second-order valence-electron chi connectivity index (χ2n) is 4.51. The van der Waals surface area contributed by atoms with Crippen LogP contribution >= 0.6 is 0 Å². The predicted molar refractivity (Wildman–Crippen MR) is 75.9 cm³/mol. The van der Waals surface area contributed by atoms with Crippen molar-refractivity contribution in [1.82, 2.24) is 10.3 Å². The van der Waals surface area contributed by atoms with Crippen LogP contribution in [0.5, 0.6) is 5.88 Å². The SMILES string of the molecule is COc1cc(N2CCNCc3ccccc32)ccn1. The molecule has 1 aromatic heterocycles. The van der Waals surface area contributed by atoms with Crippen LogP contribution in [0.25, 0.3) is 0 Å². The molecule has 0 amide bonds. The van der Waals surface area contributed by atoms with Crippen molar-refractivity contribution < 1.29 is 4.74 Å². The number of nitrogens with zero attached hydrogens (tertiary/aromatic N) is 2. The average molecular weight is 255 g/mol. The Labute approximate surface area is 113 Å². The maximum atomic E-state index is 5.21. The third-order valence-electron chi connectivity index (χ3n) is 3.35. The van der Waals surface area contributed by atoms with Crippen molar-refractivity contribution in [2.45, 2.75) is 6.54 Å². The lowest BCUT2D eigenvalue weighted by atomic mass is 10.1. The molecule has 1 N–H and O–H groups in total. The first kappa shape index (κ1) is 12.0. The van der Waals surface area contributed by atoms with Gasteiger partial charge in [-0.05, 0) is 17.7 Å². The van der Waals surface area contributed by atoms with Crippen LogP contribution in [-0.2, 0) is 6.54 Å². The van der Waals surface area contributed by atoms with Crippen LogP contribution in [0.15, 0.2) is 42.6 Å². The van der Waals surface area contributed by atoms with E-state index in [9.17, 15) is 0 Å². The lowest BCUT2D eigenvalue weighted by Gasteiger charge is -2.24. The molecule has 1 aromatic carbocycles. The van der Waals surface area contributed by atoms with Gasteiger partial charge in [0, 0.05) is 43.3 Å². The molecule has 1 aliphatic rings. The van der Waals surface area contributed by atoms with Crippen LogP contribution in [0.3, 0.4) is 0 Å². The molecule has 98 valence electrons. The minimum absolute atomic E-state index is 0.646. The van der Waals surface area contributed by atoms with Gasteiger partial charge in [-0.3, -0.25) is 0 Å². The van der Waals surface area contributed by atoms with E-state index in [1.165, 1.54) is 11.3 Å². The van der Waals surface area contributed by atoms with Crippen LogP contribution in [0.2, 0.25) is 0 Å². The molecule has 4 heteroatoms. The number of methoxy groups -OCH3 is 1. The summed E-state index contributed by atoms with van der Waals surface area (Å²) in [4.78, 5) is 6.47. The van der Waals surface area contributed by atoms with E-state index in [2.05, 4.69) is 39.5 Å². The molecule has 4 nitrogen and oxygen atoms in total. The first-order valence-corrected chi connectivity index (χ1v) is 6.44. The molecule has 0 unspecified atom stereocenters. The van der Waals surface area contributed by atoms with Crippen molar-refractivity contribution in [3.05, 3.63) is 48.2 Å². The van der Waals surface area contributed by atoms with Crippen molar-refractivity contribution in [1.29, 1.82) is 0 Å².